The summed E-state index contributed by atoms with van der Waals surface area (Å²) in [5, 5.41) is 19.7. The van der Waals surface area contributed by atoms with E-state index in [1.807, 2.05) is 6.07 Å². The van der Waals surface area contributed by atoms with Crippen LogP contribution in [0.15, 0.2) is 36.4 Å². The van der Waals surface area contributed by atoms with Gasteiger partial charge in [0.05, 0.1) is 27.6 Å². The van der Waals surface area contributed by atoms with Gasteiger partial charge < -0.3 is 4.74 Å². The lowest BCUT2D eigenvalue weighted by atomic mass is 10.1. The highest BCUT2D eigenvalue weighted by Gasteiger charge is 2.11. The van der Waals surface area contributed by atoms with Crippen molar-refractivity contribution in [3.8, 4) is 11.8 Å². The van der Waals surface area contributed by atoms with E-state index >= 15 is 0 Å². The molecular formula is C14H8ClFN2O3. The summed E-state index contributed by atoms with van der Waals surface area (Å²) in [6.07, 6.45) is 0. The Labute approximate surface area is 124 Å². The minimum Gasteiger partial charge on any atom is -0.487 e. The lowest BCUT2D eigenvalue weighted by Gasteiger charge is -2.08. The van der Waals surface area contributed by atoms with Gasteiger partial charge in [0.2, 0.25) is 0 Å². The first-order chi connectivity index (χ1) is 9.99. The largest absolute Gasteiger partial charge is 0.487 e. The number of hydrogen-bond donors (Lipinski definition) is 0. The highest BCUT2D eigenvalue weighted by Crippen LogP contribution is 2.29. The summed E-state index contributed by atoms with van der Waals surface area (Å²) >= 11 is 5.88. The summed E-state index contributed by atoms with van der Waals surface area (Å²) in [5.74, 6) is -0.438. The van der Waals surface area contributed by atoms with Gasteiger partial charge in [-0.1, -0.05) is 11.6 Å². The molecule has 0 unspecified atom stereocenters. The fraction of sp³-hybridized carbons (Fsp3) is 0.0714. The van der Waals surface area contributed by atoms with Crippen LogP contribution >= 0.6 is 11.6 Å². The molecule has 0 saturated carbocycles. The summed E-state index contributed by atoms with van der Waals surface area (Å²) in [6, 6.07) is 9.40. The van der Waals surface area contributed by atoms with Crippen molar-refractivity contribution in [2.75, 3.05) is 0 Å². The molecule has 0 N–H and O–H groups in total. The minimum absolute atomic E-state index is 0.0622. The van der Waals surface area contributed by atoms with Gasteiger partial charge in [-0.15, -0.1) is 0 Å². The van der Waals surface area contributed by atoms with Gasteiger partial charge in [-0.05, 0) is 29.8 Å². The van der Waals surface area contributed by atoms with Crippen LogP contribution in [-0.4, -0.2) is 4.92 Å². The Bertz CT molecular complexity index is 743. The molecule has 0 bridgehead atoms. The molecule has 106 valence electrons. The van der Waals surface area contributed by atoms with E-state index < -0.39 is 10.7 Å². The Hall–Kier alpha value is -2.65. The molecule has 2 rings (SSSR count). The average Bonchev–Trinajstić information content (AvgIpc) is 2.45. The number of hydrogen-bond acceptors (Lipinski definition) is 4. The zero-order chi connectivity index (χ0) is 15.4. The van der Waals surface area contributed by atoms with Crippen LogP contribution in [0, 0.1) is 27.3 Å². The molecule has 0 aliphatic carbocycles. The molecule has 0 radical (unpaired) electrons. The first-order valence-corrected chi connectivity index (χ1v) is 6.13. The van der Waals surface area contributed by atoms with Gasteiger partial charge in [0.25, 0.3) is 5.69 Å². The number of ether oxygens (including phenoxy) is 1. The predicted octanol–water partition coefficient (Wildman–Crippen LogP) is 3.84. The van der Waals surface area contributed by atoms with Crippen molar-refractivity contribution in [3.63, 3.8) is 0 Å². The summed E-state index contributed by atoms with van der Waals surface area (Å²) in [5.41, 5.74) is 0.430. The Morgan fingerprint density at radius 3 is 2.76 bits per heavy atom. The van der Waals surface area contributed by atoms with E-state index in [1.165, 1.54) is 30.3 Å². The second kappa shape index (κ2) is 6.20. The molecule has 5 nitrogen and oxygen atoms in total. The molecule has 0 heterocycles. The van der Waals surface area contributed by atoms with Crippen LogP contribution in [0.1, 0.15) is 11.1 Å². The van der Waals surface area contributed by atoms with Gasteiger partial charge in [-0.25, -0.2) is 4.39 Å². The van der Waals surface area contributed by atoms with Crippen molar-refractivity contribution in [3.05, 3.63) is 68.5 Å². The number of nitriles is 1. The first-order valence-electron chi connectivity index (χ1n) is 5.76. The SMILES string of the molecule is N#Cc1cc(F)cc(COc2cc([N+](=O)[O-])ccc2Cl)c1. The van der Waals surface area contributed by atoms with Gasteiger partial charge in [-0.2, -0.15) is 5.26 Å². The third kappa shape index (κ3) is 3.68. The van der Waals surface area contributed by atoms with E-state index in [1.54, 1.807) is 0 Å². The van der Waals surface area contributed by atoms with Crippen LogP contribution in [0.25, 0.3) is 0 Å². The second-order valence-electron chi connectivity index (χ2n) is 4.12. The van der Waals surface area contributed by atoms with E-state index in [0.29, 0.717) is 5.56 Å². The lowest BCUT2D eigenvalue weighted by Crippen LogP contribution is -1.98. The molecule has 0 aliphatic heterocycles. The monoisotopic (exact) mass is 306 g/mol. The summed E-state index contributed by atoms with van der Waals surface area (Å²) in [6.45, 7) is -0.0622. The zero-order valence-corrected chi connectivity index (χ0v) is 11.3. The maximum absolute atomic E-state index is 13.3. The minimum atomic E-state index is -0.570. The average molecular weight is 307 g/mol. The lowest BCUT2D eigenvalue weighted by molar-refractivity contribution is -0.384. The van der Waals surface area contributed by atoms with Crippen LogP contribution < -0.4 is 4.74 Å². The number of nitrogens with zero attached hydrogens (tertiary/aromatic N) is 2. The van der Waals surface area contributed by atoms with Crippen molar-refractivity contribution >= 4 is 17.3 Å². The number of non-ortho nitro benzene ring substituents is 1. The normalized spacial score (nSPS) is 9.95. The maximum Gasteiger partial charge on any atom is 0.273 e. The molecular weight excluding hydrogens is 299 g/mol. The number of halogens is 2. The predicted molar refractivity (Wildman–Crippen MR) is 73.6 cm³/mol. The van der Waals surface area contributed by atoms with Crippen molar-refractivity contribution in [2.45, 2.75) is 6.61 Å². The highest BCUT2D eigenvalue weighted by atomic mass is 35.5. The van der Waals surface area contributed by atoms with Crippen molar-refractivity contribution < 1.29 is 14.1 Å². The van der Waals surface area contributed by atoms with Crippen LogP contribution in [-0.2, 0) is 6.61 Å². The molecule has 2 aromatic rings. The fourth-order valence-electron chi connectivity index (χ4n) is 1.68. The molecule has 0 aromatic heterocycles. The molecule has 0 aliphatic rings. The van der Waals surface area contributed by atoms with Crippen LogP contribution in [0.5, 0.6) is 5.75 Å². The van der Waals surface area contributed by atoms with E-state index in [2.05, 4.69) is 0 Å². The summed E-state index contributed by atoms with van der Waals surface area (Å²) < 4.78 is 18.6. The number of benzene rings is 2. The fourth-order valence-corrected chi connectivity index (χ4v) is 1.85. The smallest absolute Gasteiger partial charge is 0.273 e. The molecule has 0 atom stereocenters. The van der Waals surface area contributed by atoms with Gasteiger partial charge in [-0.3, -0.25) is 10.1 Å². The van der Waals surface area contributed by atoms with Crippen LogP contribution in [0.4, 0.5) is 10.1 Å². The maximum atomic E-state index is 13.3. The Morgan fingerprint density at radius 1 is 1.33 bits per heavy atom. The van der Waals surface area contributed by atoms with E-state index in [-0.39, 0.29) is 28.6 Å². The highest BCUT2D eigenvalue weighted by molar-refractivity contribution is 6.32. The standard InChI is InChI=1S/C14H8ClFN2O3/c15-13-2-1-12(18(19)20)6-14(13)21-8-10-3-9(7-17)4-11(16)5-10/h1-6H,8H2. The van der Waals surface area contributed by atoms with Crippen molar-refractivity contribution in [2.24, 2.45) is 0 Å². The van der Waals surface area contributed by atoms with Gasteiger partial charge in [0.15, 0.2) is 0 Å². The topological polar surface area (TPSA) is 76.2 Å². The molecule has 0 spiro atoms. The summed E-state index contributed by atoms with van der Waals surface area (Å²) in [7, 11) is 0. The van der Waals surface area contributed by atoms with Crippen LogP contribution in [0.3, 0.4) is 0 Å². The van der Waals surface area contributed by atoms with E-state index in [0.717, 1.165) is 6.07 Å². The molecule has 0 saturated heterocycles. The van der Waals surface area contributed by atoms with Gasteiger partial charge in [0.1, 0.15) is 18.2 Å². The quantitative estimate of drug-likeness (QED) is 0.635. The third-order valence-electron chi connectivity index (χ3n) is 2.61. The zero-order valence-electron chi connectivity index (χ0n) is 10.5. The molecule has 0 amide bonds. The van der Waals surface area contributed by atoms with Gasteiger partial charge >= 0.3 is 0 Å². The van der Waals surface area contributed by atoms with Crippen molar-refractivity contribution in [1.29, 1.82) is 5.26 Å². The van der Waals surface area contributed by atoms with Gasteiger partial charge in [0, 0.05) is 6.07 Å². The van der Waals surface area contributed by atoms with Crippen LogP contribution in [0.2, 0.25) is 5.02 Å². The Kier molecular flexibility index (Phi) is 4.36. The Morgan fingerprint density at radius 2 is 2.10 bits per heavy atom. The molecule has 7 heteroatoms. The number of rotatable bonds is 4. The Balaban J connectivity index is 2.20. The van der Waals surface area contributed by atoms with E-state index in [4.69, 9.17) is 21.6 Å². The van der Waals surface area contributed by atoms with E-state index in [9.17, 15) is 14.5 Å². The second-order valence-corrected chi connectivity index (χ2v) is 4.53. The molecule has 2 aromatic carbocycles. The number of nitro benzene ring substituents is 1. The molecule has 21 heavy (non-hydrogen) atoms. The third-order valence-corrected chi connectivity index (χ3v) is 2.92. The van der Waals surface area contributed by atoms with Crippen molar-refractivity contribution in [1.82, 2.24) is 0 Å². The first kappa shape index (κ1) is 14.8. The molecule has 0 fully saturated rings. The number of nitro groups is 1. The summed E-state index contributed by atoms with van der Waals surface area (Å²) in [4.78, 5) is 10.1.